The first kappa shape index (κ1) is 18.8. The quantitative estimate of drug-likeness (QED) is 0.706. The second kappa shape index (κ2) is 7.32. The van der Waals surface area contributed by atoms with Crippen molar-refractivity contribution in [2.24, 2.45) is 5.92 Å². The van der Waals surface area contributed by atoms with Crippen molar-refractivity contribution in [1.82, 2.24) is 24.8 Å². The molecule has 3 aliphatic rings. The van der Waals surface area contributed by atoms with Crippen LogP contribution in [0, 0.1) is 5.92 Å². The number of hydrogen-bond acceptors (Lipinski definition) is 5. The summed E-state index contributed by atoms with van der Waals surface area (Å²) >= 11 is 0. The van der Waals surface area contributed by atoms with Crippen LogP contribution >= 0.6 is 0 Å². The summed E-state index contributed by atoms with van der Waals surface area (Å²) in [6, 6.07) is 8.28. The highest BCUT2D eigenvalue weighted by molar-refractivity contribution is 5.80. The number of rotatable bonds is 4. The van der Waals surface area contributed by atoms with Crippen LogP contribution < -0.4 is 4.90 Å². The third-order valence-corrected chi connectivity index (χ3v) is 7.26. The molecule has 31 heavy (non-hydrogen) atoms. The average Bonchev–Trinajstić information content (AvgIpc) is 3.24. The number of hydrogen-bond donors (Lipinski definition) is 1. The van der Waals surface area contributed by atoms with Crippen LogP contribution in [0.2, 0.25) is 0 Å². The summed E-state index contributed by atoms with van der Waals surface area (Å²) in [5.74, 6) is 2.33. The van der Waals surface area contributed by atoms with E-state index in [1.165, 1.54) is 5.56 Å². The van der Waals surface area contributed by atoms with Gasteiger partial charge in [-0.05, 0) is 62.3 Å². The molecule has 7 nitrogen and oxygen atoms in total. The minimum atomic E-state index is -0.0481. The molecule has 3 aromatic rings. The number of anilines is 1. The van der Waals surface area contributed by atoms with Gasteiger partial charge in [-0.25, -0.2) is 9.97 Å². The Hall–Kier alpha value is -2.96. The van der Waals surface area contributed by atoms with E-state index in [2.05, 4.69) is 38.0 Å². The largest absolute Gasteiger partial charge is 0.356 e. The van der Waals surface area contributed by atoms with Crippen LogP contribution in [0.3, 0.4) is 0 Å². The van der Waals surface area contributed by atoms with Gasteiger partial charge in [0.2, 0.25) is 5.91 Å². The molecule has 160 valence electrons. The second-order valence-corrected chi connectivity index (χ2v) is 9.27. The number of carbonyl (C=O) groups is 1. The highest BCUT2D eigenvalue weighted by Gasteiger charge is 2.49. The third kappa shape index (κ3) is 3.27. The minimum Gasteiger partial charge on any atom is -0.356 e. The number of imidazole rings is 1. The summed E-state index contributed by atoms with van der Waals surface area (Å²) in [5.41, 5.74) is 2.90. The molecule has 0 aromatic carbocycles. The number of aromatic nitrogens is 4. The molecule has 2 aliphatic heterocycles. The average molecular weight is 417 g/mol. The van der Waals surface area contributed by atoms with Gasteiger partial charge in [-0.3, -0.25) is 9.78 Å². The molecule has 1 atom stereocenters. The molecule has 3 aromatic heterocycles. The molecule has 0 bridgehead atoms. The smallest absolute Gasteiger partial charge is 0.227 e. The van der Waals surface area contributed by atoms with E-state index in [0.717, 1.165) is 87.5 Å². The molecule has 3 fully saturated rings. The number of piperidine rings is 1. The fourth-order valence-electron chi connectivity index (χ4n) is 5.30. The van der Waals surface area contributed by atoms with Gasteiger partial charge in [-0.1, -0.05) is 6.07 Å². The van der Waals surface area contributed by atoms with Crippen LogP contribution in [0.5, 0.6) is 0 Å². The van der Waals surface area contributed by atoms with Crippen molar-refractivity contribution in [3.05, 3.63) is 48.0 Å². The van der Waals surface area contributed by atoms with E-state index in [9.17, 15) is 4.79 Å². The van der Waals surface area contributed by atoms with Gasteiger partial charge in [0.05, 0.1) is 16.8 Å². The van der Waals surface area contributed by atoms with E-state index in [1.807, 2.05) is 18.5 Å². The van der Waals surface area contributed by atoms with Gasteiger partial charge >= 0.3 is 0 Å². The number of pyridine rings is 2. The second-order valence-electron chi connectivity index (χ2n) is 9.27. The van der Waals surface area contributed by atoms with Gasteiger partial charge in [0.15, 0.2) is 5.65 Å². The number of nitrogens with zero attached hydrogens (tertiary/aromatic N) is 5. The van der Waals surface area contributed by atoms with Crippen molar-refractivity contribution in [3.8, 4) is 0 Å². The lowest BCUT2D eigenvalue weighted by molar-refractivity contribution is -0.134. The zero-order chi connectivity index (χ0) is 20.8. The van der Waals surface area contributed by atoms with Crippen molar-refractivity contribution in [3.63, 3.8) is 0 Å². The molecule has 6 rings (SSSR count). The lowest BCUT2D eigenvalue weighted by atomic mass is 9.96. The van der Waals surface area contributed by atoms with Gasteiger partial charge < -0.3 is 14.8 Å². The summed E-state index contributed by atoms with van der Waals surface area (Å²) in [4.78, 5) is 34.8. The van der Waals surface area contributed by atoms with E-state index < -0.39 is 0 Å². The topological polar surface area (TPSA) is 78.0 Å². The SMILES string of the molecule is O=C(C1CCCN(c2ccc3[nH]c(C4(c5cccnc5)CC4)nc3n2)C1)N1CCCC1. The number of nitrogens with one attached hydrogen (secondary N) is 1. The summed E-state index contributed by atoms with van der Waals surface area (Å²) < 4.78 is 0. The molecular weight excluding hydrogens is 388 g/mol. The Morgan fingerprint density at radius 2 is 1.94 bits per heavy atom. The van der Waals surface area contributed by atoms with Gasteiger partial charge in [-0.2, -0.15) is 0 Å². The molecule has 7 heteroatoms. The van der Waals surface area contributed by atoms with Gasteiger partial charge in [-0.15, -0.1) is 0 Å². The zero-order valence-corrected chi connectivity index (χ0v) is 17.8. The van der Waals surface area contributed by atoms with Gasteiger partial charge in [0, 0.05) is 38.6 Å². The van der Waals surface area contributed by atoms with Crippen molar-refractivity contribution in [2.75, 3.05) is 31.1 Å². The first-order valence-corrected chi connectivity index (χ1v) is 11.5. The Morgan fingerprint density at radius 3 is 2.71 bits per heavy atom. The predicted molar refractivity (Wildman–Crippen MR) is 119 cm³/mol. The number of likely N-dealkylation sites (tertiary alicyclic amines) is 1. The molecule has 1 saturated carbocycles. The molecular formula is C24H28N6O. The van der Waals surface area contributed by atoms with E-state index >= 15 is 0 Å². The van der Waals surface area contributed by atoms with E-state index in [4.69, 9.17) is 9.97 Å². The normalized spacial score (nSPS) is 22.8. The summed E-state index contributed by atoms with van der Waals surface area (Å²) in [6.45, 7) is 3.55. The number of carbonyl (C=O) groups excluding carboxylic acids is 1. The number of aromatic amines is 1. The number of H-pyrrole nitrogens is 1. The Labute approximate surface area is 181 Å². The molecule has 1 N–H and O–H groups in total. The van der Waals surface area contributed by atoms with Crippen LogP contribution in [-0.2, 0) is 10.2 Å². The fourth-order valence-corrected chi connectivity index (χ4v) is 5.30. The summed E-state index contributed by atoms with van der Waals surface area (Å²) in [6.07, 6.45) is 10.2. The molecule has 0 spiro atoms. The van der Waals surface area contributed by atoms with Crippen LogP contribution in [0.15, 0.2) is 36.7 Å². The van der Waals surface area contributed by atoms with E-state index in [0.29, 0.717) is 5.91 Å². The monoisotopic (exact) mass is 416 g/mol. The Balaban J connectivity index is 1.25. The standard InChI is InChI=1S/C24H28N6O/c31-22(29-12-1-2-13-29)17-5-4-14-30(16-17)20-8-7-19-21(27-20)28-23(26-19)24(9-10-24)18-6-3-11-25-15-18/h3,6-8,11,15,17H,1-2,4-5,9-10,12-14,16H2,(H,26,27,28). The predicted octanol–water partition coefficient (Wildman–Crippen LogP) is 3.27. The van der Waals surface area contributed by atoms with E-state index in [-0.39, 0.29) is 11.3 Å². The number of amides is 1. The first-order chi connectivity index (χ1) is 15.2. The molecule has 0 radical (unpaired) electrons. The maximum absolute atomic E-state index is 12.9. The minimum absolute atomic E-state index is 0.0481. The maximum atomic E-state index is 12.9. The maximum Gasteiger partial charge on any atom is 0.227 e. The lowest BCUT2D eigenvalue weighted by Gasteiger charge is -2.34. The Bertz CT molecular complexity index is 1100. The van der Waals surface area contributed by atoms with Crippen LogP contribution in [0.1, 0.15) is 49.9 Å². The van der Waals surface area contributed by atoms with Crippen molar-refractivity contribution in [1.29, 1.82) is 0 Å². The molecule has 1 unspecified atom stereocenters. The molecule has 2 saturated heterocycles. The first-order valence-electron chi connectivity index (χ1n) is 11.5. The highest BCUT2D eigenvalue weighted by atomic mass is 16.2. The summed E-state index contributed by atoms with van der Waals surface area (Å²) in [5, 5.41) is 0. The van der Waals surface area contributed by atoms with Crippen LogP contribution in [0.4, 0.5) is 5.82 Å². The van der Waals surface area contributed by atoms with Crippen LogP contribution in [-0.4, -0.2) is 56.9 Å². The van der Waals surface area contributed by atoms with Gasteiger partial charge in [0.25, 0.3) is 0 Å². The van der Waals surface area contributed by atoms with Crippen molar-refractivity contribution < 1.29 is 4.79 Å². The van der Waals surface area contributed by atoms with Crippen LogP contribution in [0.25, 0.3) is 11.2 Å². The van der Waals surface area contributed by atoms with Crippen molar-refractivity contribution in [2.45, 2.75) is 43.9 Å². The van der Waals surface area contributed by atoms with Crippen molar-refractivity contribution >= 4 is 22.9 Å². The molecule has 1 amide bonds. The highest BCUT2D eigenvalue weighted by Crippen LogP contribution is 2.52. The van der Waals surface area contributed by atoms with E-state index in [1.54, 1.807) is 0 Å². The number of fused-ring (bicyclic) bond motifs is 1. The fraction of sp³-hybridized carbons (Fsp3) is 0.500. The molecule has 5 heterocycles. The Morgan fingerprint density at radius 1 is 1.06 bits per heavy atom. The van der Waals surface area contributed by atoms with Gasteiger partial charge in [0.1, 0.15) is 11.6 Å². The third-order valence-electron chi connectivity index (χ3n) is 7.26. The summed E-state index contributed by atoms with van der Waals surface area (Å²) in [7, 11) is 0. The molecule has 1 aliphatic carbocycles. The Kier molecular flexibility index (Phi) is 4.44. The lowest BCUT2D eigenvalue weighted by Crippen LogP contribution is -2.44. The zero-order valence-electron chi connectivity index (χ0n) is 17.8.